The molecule has 0 spiro atoms. The second-order valence-electron chi connectivity index (χ2n) is 12.5. The number of ketones is 1. The van der Waals surface area contributed by atoms with Crippen LogP contribution in [0.2, 0.25) is 0 Å². The van der Waals surface area contributed by atoms with Crippen LogP contribution in [-0.4, -0.2) is 65.5 Å². The largest absolute Gasteiger partial charge is 0.356 e. The van der Waals surface area contributed by atoms with Gasteiger partial charge in [-0.15, -0.1) is 0 Å². The molecule has 2 aliphatic heterocycles. The molecule has 1 aromatic carbocycles. The van der Waals surface area contributed by atoms with Crippen molar-refractivity contribution in [3.8, 4) is 0 Å². The maximum atomic E-state index is 14.0. The Balaban J connectivity index is 1.23. The van der Waals surface area contributed by atoms with Crippen LogP contribution in [0.1, 0.15) is 57.9 Å². The van der Waals surface area contributed by atoms with Gasteiger partial charge in [-0.3, -0.25) is 24.0 Å². The van der Waals surface area contributed by atoms with Crippen LogP contribution in [0.3, 0.4) is 0 Å². The van der Waals surface area contributed by atoms with Gasteiger partial charge in [-0.05, 0) is 61.3 Å². The molecule has 4 amide bonds. The van der Waals surface area contributed by atoms with Gasteiger partial charge in [0.05, 0.1) is 11.5 Å². The second-order valence-corrected chi connectivity index (χ2v) is 12.5. The van der Waals surface area contributed by atoms with Gasteiger partial charge in [-0.25, -0.2) is 0 Å². The highest BCUT2D eigenvalue weighted by Gasteiger charge is 2.71. The Labute approximate surface area is 222 Å². The van der Waals surface area contributed by atoms with Gasteiger partial charge in [0, 0.05) is 25.0 Å². The molecule has 6 rings (SSSR count). The summed E-state index contributed by atoms with van der Waals surface area (Å²) in [4.78, 5) is 67.7. The summed E-state index contributed by atoms with van der Waals surface area (Å²) in [6.45, 7) is 5.25. The van der Waals surface area contributed by atoms with Gasteiger partial charge < -0.3 is 20.9 Å². The molecule has 0 radical (unpaired) electrons. The number of likely N-dealkylation sites (tertiary alicyclic amines) is 1. The van der Waals surface area contributed by atoms with Crippen LogP contribution in [0.25, 0.3) is 0 Å². The summed E-state index contributed by atoms with van der Waals surface area (Å²) in [5, 5.41) is 8.32. The summed E-state index contributed by atoms with van der Waals surface area (Å²) < 4.78 is 0. The Morgan fingerprint density at radius 3 is 2.39 bits per heavy atom. The van der Waals surface area contributed by atoms with E-state index in [1.807, 2.05) is 30.3 Å². The Morgan fingerprint density at radius 1 is 1.08 bits per heavy atom. The standard InChI is InChI=1S/C29H36N4O5/c1-28(2)19-15-33(27(38)29(11-12-29)17-6-4-3-5-7-17)22(21(19)28)25(36)32-20(14-16-10-13-30-24(16)35)23(34)26(37)31-18-8-9-18/h3-7,16,18-22H,8-15H2,1-2H3,(H,30,35)(H,31,37)(H,32,36)/t16-,19-,20-,21-,22-/m0/s1. The number of rotatable bonds is 9. The molecule has 0 aromatic heterocycles. The highest BCUT2D eigenvalue weighted by molar-refractivity contribution is 6.38. The van der Waals surface area contributed by atoms with Crippen LogP contribution in [0.15, 0.2) is 30.3 Å². The van der Waals surface area contributed by atoms with E-state index in [1.54, 1.807) is 4.90 Å². The quantitative estimate of drug-likeness (QED) is 0.420. The van der Waals surface area contributed by atoms with Gasteiger partial charge >= 0.3 is 0 Å². The molecule has 0 bridgehead atoms. The number of carbonyl (C=O) groups is 5. The molecule has 1 aromatic rings. The minimum Gasteiger partial charge on any atom is -0.356 e. The van der Waals surface area contributed by atoms with E-state index in [9.17, 15) is 24.0 Å². The first kappa shape index (κ1) is 25.1. The number of Topliss-reactive ketones (excluding diaryl/α,β-unsaturated/α-hetero) is 1. The second kappa shape index (κ2) is 8.92. The first-order valence-corrected chi connectivity index (χ1v) is 13.9. The summed E-state index contributed by atoms with van der Waals surface area (Å²) >= 11 is 0. The molecule has 5 aliphatic rings. The lowest BCUT2D eigenvalue weighted by Gasteiger charge is -2.34. The number of fused-ring (bicyclic) bond motifs is 1. The van der Waals surface area contributed by atoms with Crippen LogP contribution in [0.4, 0.5) is 0 Å². The molecule has 5 atom stereocenters. The summed E-state index contributed by atoms with van der Waals surface area (Å²) in [6.07, 6.45) is 3.79. The fourth-order valence-electron chi connectivity index (χ4n) is 6.86. The molecule has 0 unspecified atom stereocenters. The fourth-order valence-corrected chi connectivity index (χ4v) is 6.86. The van der Waals surface area contributed by atoms with Crippen molar-refractivity contribution in [1.82, 2.24) is 20.9 Å². The van der Waals surface area contributed by atoms with E-state index >= 15 is 0 Å². The number of carbonyl (C=O) groups excluding carboxylic acids is 5. The van der Waals surface area contributed by atoms with Crippen molar-refractivity contribution in [2.45, 2.75) is 75.9 Å². The number of hydrogen-bond acceptors (Lipinski definition) is 5. The van der Waals surface area contributed by atoms with Gasteiger partial charge in [0.2, 0.25) is 23.5 Å². The van der Waals surface area contributed by atoms with Crippen molar-refractivity contribution in [1.29, 1.82) is 0 Å². The Hall–Kier alpha value is -3.23. The maximum Gasteiger partial charge on any atom is 0.289 e. The Morgan fingerprint density at radius 2 is 1.79 bits per heavy atom. The average molecular weight is 521 g/mol. The van der Waals surface area contributed by atoms with E-state index in [1.165, 1.54) is 0 Å². The van der Waals surface area contributed by atoms with Crippen LogP contribution in [0.5, 0.6) is 0 Å². The van der Waals surface area contributed by atoms with Crippen molar-refractivity contribution < 1.29 is 24.0 Å². The molecule has 202 valence electrons. The molecular weight excluding hydrogens is 484 g/mol. The minimum atomic E-state index is -1.11. The lowest BCUT2D eigenvalue weighted by Crippen LogP contribution is -2.57. The van der Waals surface area contributed by atoms with Crippen LogP contribution < -0.4 is 16.0 Å². The van der Waals surface area contributed by atoms with E-state index in [-0.39, 0.29) is 41.5 Å². The van der Waals surface area contributed by atoms with Gasteiger partial charge in [0.15, 0.2) is 0 Å². The normalized spacial score (nSPS) is 30.6. The van der Waals surface area contributed by atoms with Gasteiger partial charge in [0.1, 0.15) is 6.04 Å². The van der Waals surface area contributed by atoms with Gasteiger partial charge in [-0.2, -0.15) is 0 Å². The molecular formula is C29H36N4O5. The van der Waals surface area contributed by atoms with E-state index in [0.29, 0.717) is 19.5 Å². The summed E-state index contributed by atoms with van der Waals surface area (Å²) in [7, 11) is 0. The molecule has 3 saturated carbocycles. The first-order valence-electron chi connectivity index (χ1n) is 13.9. The van der Waals surface area contributed by atoms with Crippen LogP contribution in [-0.2, 0) is 29.4 Å². The molecule has 9 heteroatoms. The monoisotopic (exact) mass is 520 g/mol. The number of nitrogens with zero attached hydrogens (tertiary/aromatic N) is 1. The number of benzene rings is 1. The number of amides is 4. The first-order chi connectivity index (χ1) is 18.1. The third-order valence-electron chi connectivity index (χ3n) is 9.68. The Kier molecular flexibility index (Phi) is 5.88. The van der Waals surface area contributed by atoms with Crippen LogP contribution >= 0.6 is 0 Å². The smallest absolute Gasteiger partial charge is 0.289 e. The zero-order valence-electron chi connectivity index (χ0n) is 22.0. The third-order valence-corrected chi connectivity index (χ3v) is 9.68. The molecule has 5 fully saturated rings. The predicted molar refractivity (Wildman–Crippen MR) is 137 cm³/mol. The van der Waals surface area contributed by atoms with E-state index in [4.69, 9.17) is 0 Å². The van der Waals surface area contributed by atoms with E-state index in [0.717, 1.165) is 31.2 Å². The summed E-state index contributed by atoms with van der Waals surface area (Å²) in [5.74, 6) is -2.30. The molecule has 3 aliphatic carbocycles. The number of nitrogens with one attached hydrogen (secondary N) is 3. The fraction of sp³-hybridized carbons (Fsp3) is 0.621. The van der Waals surface area contributed by atoms with Crippen molar-refractivity contribution in [2.75, 3.05) is 13.1 Å². The molecule has 2 heterocycles. The lowest BCUT2D eigenvalue weighted by atomic mass is 9.91. The van der Waals surface area contributed by atoms with Crippen LogP contribution in [0, 0.1) is 23.2 Å². The van der Waals surface area contributed by atoms with Gasteiger partial charge in [-0.1, -0.05) is 44.2 Å². The Bertz CT molecular complexity index is 1190. The van der Waals surface area contributed by atoms with Crippen molar-refractivity contribution in [3.05, 3.63) is 35.9 Å². The zero-order chi connectivity index (χ0) is 26.8. The third kappa shape index (κ3) is 4.20. The van der Waals surface area contributed by atoms with Gasteiger partial charge in [0.25, 0.3) is 5.91 Å². The zero-order valence-corrected chi connectivity index (χ0v) is 22.0. The molecule has 2 saturated heterocycles. The number of piperidine rings is 1. The SMILES string of the molecule is CC1(C)[C@@H]2[C@@H](C(=O)N[C@@H](C[C@@H]3CCNC3=O)C(=O)C(=O)NC3CC3)N(C(=O)C3(c4ccccc4)CC3)C[C@@H]21. The topological polar surface area (TPSA) is 125 Å². The van der Waals surface area contributed by atoms with Crippen molar-refractivity contribution >= 4 is 29.4 Å². The maximum absolute atomic E-state index is 14.0. The minimum absolute atomic E-state index is 0.00117. The highest BCUT2D eigenvalue weighted by atomic mass is 16.2. The number of hydrogen-bond donors (Lipinski definition) is 3. The highest BCUT2D eigenvalue weighted by Crippen LogP contribution is 2.66. The van der Waals surface area contributed by atoms with E-state index in [2.05, 4.69) is 29.8 Å². The lowest BCUT2D eigenvalue weighted by molar-refractivity contribution is -0.144. The molecule has 9 nitrogen and oxygen atoms in total. The molecule has 3 N–H and O–H groups in total. The summed E-state index contributed by atoms with van der Waals surface area (Å²) in [5.41, 5.74) is 0.291. The predicted octanol–water partition coefficient (Wildman–Crippen LogP) is 1.06. The average Bonchev–Trinajstić information content (AvgIpc) is 3.85. The summed E-state index contributed by atoms with van der Waals surface area (Å²) in [6, 6.07) is 7.91. The van der Waals surface area contributed by atoms with Crippen molar-refractivity contribution in [2.24, 2.45) is 23.2 Å². The van der Waals surface area contributed by atoms with E-state index < -0.39 is 41.0 Å². The van der Waals surface area contributed by atoms with Crippen molar-refractivity contribution in [3.63, 3.8) is 0 Å². The molecule has 38 heavy (non-hydrogen) atoms.